The fourth-order valence-electron chi connectivity index (χ4n) is 2.06. The van der Waals surface area contributed by atoms with Gasteiger partial charge in [0, 0.05) is 17.8 Å². The minimum absolute atomic E-state index is 0.0000850. The molecule has 0 aliphatic heterocycles. The average Bonchev–Trinajstić information content (AvgIpc) is 2.48. The maximum atomic E-state index is 12.0. The van der Waals surface area contributed by atoms with Crippen LogP contribution < -0.4 is 15.8 Å². The van der Waals surface area contributed by atoms with Gasteiger partial charge in [-0.15, -0.1) is 0 Å². The van der Waals surface area contributed by atoms with E-state index < -0.39 is 0 Å². The van der Waals surface area contributed by atoms with Crippen LogP contribution in [0.2, 0.25) is 0 Å². The largest absolute Gasteiger partial charge is 0.497 e. The molecule has 21 heavy (non-hydrogen) atoms. The number of nitrogen functional groups attached to an aromatic ring is 1. The molecule has 0 atom stereocenters. The van der Waals surface area contributed by atoms with Crippen LogP contribution in [0.4, 0.5) is 11.4 Å². The zero-order valence-electron chi connectivity index (χ0n) is 12.3. The van der Waals surface area contributed by atoms with E-state index in [2.05, 4.69) is 5.32 Å². The Morgan fingerprint density at radius 2 is 1.90 bits per heavy atom. The number of nitrogens with one attached hydrogen (secondary N) is 1. The summed E-state index contributed by atoms with van der Waals surface area (Å²) in [6, 6.07) is 13.2. The highest BCUT2D eigenvalue weighted by atomic mass is 16.5. The van der Waals surface area contributed by atoms with Crippen molar-refractivity contribution in [3.05, 3.63) is 53.6 Å². The summed E-state index contributed by atoms with van der Waals surface area (Å²) in [7, 11) is 1.62. The number of hydrogen-bond acceptors (Lipinski definition) is 3. The van der Waals surface area contributed by atoms with Crippen LogP contribution in [-0.2, 0) is 11.2 Å². The third-order valence-electron chi connectivity index (χ3n) is 3.33. The summed E-state index contributed by atoms with van der Waals surface area (Å²) in [5, 5.41) is 2.92. The standard InChI is InChI=1S/C17H20N2O2/c1-12-11-15(21-2)8-9-16(12)19-17(20)10-5-13-3-6-14(18)7-4-13/h3-4,6-9,11H,5,10,18H2,1-2H3,(H,19,20). The SMILES string of the molecule is COc1ccc(NC(=O)CCc2ccc(N)cc2)c(C)c1. The Morgan fingerprint density at radius 1 is 1.19 bits per heavy atom. The molecule has 0 aromatic heterocycles. The summed E-state index contributed by atoms with van der Waals surface area (Å²) in [5.74, 6) is 0.785. The first-order valence-corrected chi connectivity index (χ1v) is 6.87. The molecule has 0 fully saturated rings. The lowest BCUT2D eigenvalue weighted by Gasteiger charge is -2.10. The fourth-order valence-corrected chi connectivity index (χ4v) is 2.06. The number of carbonyl (C=O) groups is 1. The molecule has 110 valence electrons. The van der Waals surface area contributed by atoms with Crippen molar-refractivity contribution in [3.8, 4) is 5.75 Å². The maximum Gasteiger partial charge on any atom is 0.224 e. The first kappa shape index (κ1) is 14.9. The Kier molecular flexibility index (Phi) is 4.82. The summed E-state index contributed by atoms with van der Waals surface area (Å²) in [5.41, 5.74) is 9.27. The molecule has 0 heterocycles. The third-order valence-corrected chi connectivity index (χ3v) is 3.33. The van der Waals surface area contributed by atoms with Crippen molar-refractivity contribution in [2.45, 2.75) is 19.8 Å². The minimum Gasteiger partial charge on any atom is -0.497 e. The number of carbonyl (C=O) groups excluding carboxylic acids is 1. The number of hydrogen-bond donors (Lipinski definition) is 2. The lowest BCUT2D eigenvalue weighted by atomic mass is 10.1. The molecule has 4 nitrogen and oxygen atoms in total. The minimum atomic E-state index is 0.0000850. The average molecular weight is 284 g/mol. The molecule has 0 radical (unpaired) electrons. The summed E-state index contributed by atoms with van der Waals surface area (Å²) in [6.45, 7) is 1.94. The van der Waals surface area contributed by atoms with Gasteiger partial charge >= 0.3 is 0 Å². The fraction of sp³-hybridized carbons (Fsp3) is 0.235. The van der Waals surface area contributed by atoms with Gasteiger partial charge in [0.2, 0.25) is 5.91 Å². The molecule has 0 spiro atoms. The number of methoxy groups -OCH3 is 1. The van der Waals surface area contributed by atoms with E-state index in [9.17, 15) is 4.79 Å². The molecular weight excluding hydrogens is 264 g/mol. The van der Waals surface area contributed by atoms with Crippen LogP contribution >= 0.6 is 0 Å². The first-order valence-electron chi connectivity index (χ1n) is 6.87. The van der Waals surface area contributed by atoms with Crippen molar-refractivity contribution in [2.24, 2.45) is 0 Å². The number of amides is 1. The molecule has 0 unspecified atom stereocenters. The molecule has 2 aromatic rings. The maximum absolute atomic E-state index is 12.0. The zero-order chi connectivity index (χ0) is 15.2. The van der Waals surface area contributed by atoms with E-state index in [1.807, 2.05) is 49.4 Å². The number of aryl methyl sites for hydroxylation is 2. The van der Waals surface area contributed by atoms with E-state index in [0.717, 1.165) is 28.3 Å². The quantitative estimate of drug-likeness (QED) is 0.829. The van der Waals surface area contributed by atoms with E-state index in [0.29, 0.717) is 12.8 Å². The second kappa shape index (κ2) is 6.79. The van der Waals surface area contributed by atoms with Crippen molar-refractivity contribution in [2.75, 3.05) is 18.2 Å². The molecule has 2 rings (SSSR count). The molecule has 0 aliphatic rings. The van der Waals surface area contributed by atoms with Crippen LogP contribution in [0.15, 0.2) is 42.5 Å². The molecule has 0 bridgehead atoms. The highest BCUT2D eigenvalue weighted by Gasteiger charge is 2.06. The highest BCUT2D eigenvalue weighted by Crippen LogP contribution is 2.21. The van der Waals surface area contributed by atoms with Gasteiger partial charge in [-0.05, 0) is 54.8 Å². The Hall–Kier alpha value is -2.49. The summed E-state index contributed by atoms with van der Waals surface area (Å²) < 4.78 is 5.15. The molecule has 1 amide bonds. The van der Waals surface area contributed by atoms with Crippen LogP contribution in [-0.4, -0.2) is 13.0 Å². The van der Waals surface area contributed by atoms with Gasteiger partial charge in [-0.1, -0.05) is 12.1 Å². The Balaban J connectivity index is 1.91. The zero-order valence-corrected chi connectivity index (χ0v) is 12.3. The second-order valence-corrected chi connectivity index (χ2v) is 4.97. The number of ether oxygens (including phenoxy) is 1. The molecule has 0 saturated carbocycles. The van der Waals surface area contributed by atoms with Gasteiger partial charge in [0.1, 0.15) is 5.75 Å². The van der Waals surface area contributed by atoms with E-state index >= 15 is 0 Å². The Labute approximate surface area is 124 Å². The van der Waals surface area contributed by atoms with Gasteiger partial charge in [-0.3, -0.25) is 4.79 Å². The van der Waals surface area contributed by atoms with Crippen molar-refractivity contribution in [1.29, 1.82) is 0 Å². The molecule has 2 aromatic carbocycles. The number of benzene rings is 2. The smallest absolute Gasteiger partial charge is 0.224 e. The Bertz CT molecular complexity index is 621. The molecular formula is C17H20N2O2. The van der Waals surface area contributed by atoms with Crippen LogP contribution in [0.25, 0.3) is 0 Å². The van der Waals surface area contributed by atoms with Gasteiger partial charge in [-0.25, -0.2) is 0 Å². The van der Waals surface area contributed by atoms with Crippen molar-refractivity contribution >= 4 is 17.3 Å². The predicted octanol–water partition coefficient (Wildman–Crippen LogP) is 3.16. The highest BCUT2D eigenvalue weighted by molar-refractivity contribution is 5.91. The second-order valence-electron chi connectivity index (χ2n) is 4.97. The van der Waals surface area contributed by atoms with Crippen LogP contribution in [0.3, 0.4) is 0 Å². The van der Waals surface area contributed by atoms with Crippen LogP contribution in [0.5, 0.6) is 5.75 Å². The number of anilines is 2. The van der Waals surface area contributed by atoms with Crippen LogP contribution in [0, 0.1) is 6.92 Å². The molecule has 0 saturated heterocycles. The number of nitrogens with two attached hydrogens (primary N) is 1. The predicted molar refractivity (Wildman–Crippen MR) is 85.5 cm³/mol. The summed E-state index contributed by atoms with van der Waals surface area (Å²) in [4.78, 5) is 12.0. The molecule has 0 aliphatic carbocycles. The first-order chi connectivity index (χ1) is 10.1. The van der Waals surface area contributed by atoms with E-state index in [4.69, 9.17) is 10.5 Å². The van der Waals surface area contributed by atoms with Crippen molar-refractivity contribution in [3.63, 3.8) is 0 Å². The third kappa shape index (κ3) is 4.24. The van der Waals surface area contributed by atoms with Gasteiger partial charge in [0.15, 0.2) is 0 Å². The molecule has 4 heteroatoms. The molecule has 3 N–H and O–H groups in total. The van der Waals surface area contributed by atoms with E-state index in [1.165, 1.54) is 0 Å². The van der Waals surface area contributed by atoms with Crippen molar-refractivity contribution < 1.29 is 9.53 Å². The normalized spacial score (nSPS) is 10.2. The van der Waals surface area contributed by atoms with Gasteiger partial charge in [-0.2, -0.15) is 0 Å². The lowest BCUT2D eigenvalue weighted by Crippen LogP contribution is -2.13. The topological polar surface area (TPSA) is 64.3 Å². The van der Waals surface area contributed by atoms with Crippen LogP contribution in [0.1, 0.15) is 17.5 Å². The van der Waals surface area contributed by atoms with E-state index in [1.54, 1.807) is 7.11 Å². The van der Waals surface area contributed by atoms with Gasteiger partial charge in [0.25, 0.3) is 0 Å². The van der Waals surface area contributed by atoms with Crippen molar-refractivity contribution in [1.82, 2.24) is 0 Å². The summed E-state index contributed by atoms with van der Waals surface area (Å²) >= 11 is 0. The summed E-state index contributed by atoms with van der Waals surface area (Å²) in [6.07, 6.45) is 1.14. The van der Waals surface area contributed by atoms with E-state index in [-0.39, 0.29) is 5.91 Å². The lowest BCUT2D eigenvalue weighted by molar-refractivity contribution is -0.116. The monoisotopic (exact) mass is 284 g/mol. The van der Waals surface area contributed by atoms with Gasteiger partial charge in [0.05, 0.1) is 7.11 Å². The Morgan fingerprint density at radius 3 is 2.52 bits per heavy atom. The number of rotatable bonds is 5. The van der Waals surface area contributed by atoms with Gasteiger partial charge < -0.3 is 15.8 Å².